The molecule has 0 bridgehead atoms. The number of halogens is 1. The molecular formula is C18H27FN2O2. The first-order valence-corrected chi connectivity index (χ1v) is 8.28. The number of nitrogens with zero attached hydrogens (tertiary/aromatic N) is 2. The van der Waals surface area contributed by atoms with E-state index in [-0.39, 0.29) is 18.1 Å². The van der Waals surface area contributed by atoms with Crippen molar-refractivity contribution in [3.05, 3.63) is 35.6 Å². The summed E-state index contributed by atoms with van der Waals surface area (Å²) in [5.74, 6) is -0.217. The molecule has 0 aliphatic carbocycles. The van der Waals surface area contributed by atoms with Gasteiger partial charge in [0, 0.05) is 45.4 Å². The lowest BCUT2D eigenvalue weighted by Crippen LogP contribution is -2.58. The zero-order valence-electron chi connectivity index (χ0n) is 14.3. The molecule has 1 aromatic carbocycles. The Morgan fingerprint density at radius 2 is 2.00 bits per heavy atom. The van der Waals surface area contributed by atoms with Crippen molar-refractivity contribution in [2.24, 2.45) is 0 Å². The summed E-state index contributed by atoms with van der Waals surface area (Å²) in [6, 6.07) is 6.94. The third-order valence-electron chi connectivity index (χ3n) is 4.46. The van der Waals surface area contributed by atoms with Gasteiger partial charge in [0.05, 0.1) is 6.42 Å². The molecule has 5 heteroatoms. The molecule has 1 saturated heterocycles. The summed E-state index contributed by atoms with van der Waals surface area (Å²) in [6.07, 6.45) is 1.27. The minimum atomic E-state index is -0.292. The van der Waals surface area contributed by atoms with E-state index in [2.05, 4.69) is 18.7 Å². The molecule has 1 fully saturated rings. The SMILES string of the molecule is COCCCN1C(C)CN(C(=O)Cc2cccc(F)c2)CC1C. The smallest absolute Gasteiger partial charge is 0.227 e. The number of hydrogen-bond acceptors (Lipinski definition) is 3. The molecule has 128 valence electrons. The summed E-state index contributed by atoms with van der Waals surface area (Å²) in [4.78, 5) is 16.8. The number of methoxy groups -OCH3 is 1. The summed E-state index contributed by atoms with van der Waals surface area (Å²) in [6.45, 7) is 7.52. The molecule has 1 aliphatic rings. The van der Waals surface area contributed by atoms with Gasteiger partial charge in [0.15, 0.2) is 0 Å². The first-order valence-electron chi connectivity index (χ1n) is 8.28. The predicted octanol–water partition coefficient (Wildman–Crippen LogP) is 2.33. The molecule has 0 saturated carbocycles. The summed E-state index contributed by atoms with van der Waals surface area (Å²) < 4.78 is 18.4. The molecule has 0 aromatic heterocycles. The second kappa shape index (κ2) is 8.41. The lowest BCUT2D eigenvalue weighted by molar-refractivity contribution is -0.134. The summed E-state index contributed by atoms with van der Waals surface area (Å²) >= 11 is 0. The van der Waals surface area contributed by atoms with Crippen molar-refractivity contribution >= 4 is 5.91 Å². The fourth-order valence-corrected chi connectivity index (χ4v) is 3.33. The fraction of sp³-hybridized carbons (Fsp3) is 0.611. The molecule has 0 spiro atoms. The van der Waals surface area contributed by atoms with Crippen molar-refractivity contribution in [1.82, 2.24) is 9.80 Å². The fourth-order valence-electron chi connectivity index (χ4n) is 3.33. The van der Waals surface area contributed by atoms with Gasteiger partial charge in [-0.15, -0.1) is 0 Å². The zero-order chi connectivity index (χ0) is 16.8. The van der Waals surface area contributed by atoms with E-state index in [1.54, 1.807) is 19.2 Å². The second-order valence-electron chi connectivity index (χ2n) is 6.39. The Morgan fingerprint density at radius 1 is 1.30 bits per heavy atom. The molecule has 23 heavy (non-hydrogen) atoms. The van der Waals surface area contributed by atoms with Crippen LogP contribution < -0.4 is 0 Å². The van der Waals surface area contributed by atoms with Gasteiger partial charge in [-0.25, -0.2) is 4.39 Å². The second-order valence-corrected chi connectivity index (χ2v) is 6.39. The maximum Gasteiger partial charge on any atom is 0.227 e. The highest BCUT2D eigenvalue weighted by Crippen LogP contribution is 2.17. The van der Waals surface area contributed by atoms with Gasteiger partial charge in [0.25, 0.3) is 0 Å². The number of carbonyl (C=O) groups is 1. The molecule has 1 aliphatic heterocycles. The van der Waals surface area contributed by atoms with Crippen molar-refractivity contribution < 1.29 is 13.9 Å². The molecular weight excluding hydrogens is 295 g/mol. The van der Waals surface area contributed by atoms with E-state index in [0.29, 0.717) is 12.1 Å². The summed E-state index contributed by atoms with van der Waals surface area (Å²) in [5.41, 5.74) is 0.734. The predicted molar refractivity (Wildman–Crippen MR) is 88.8 cm³/mol. The minimum absolute atomic E-state index is 0.0749. The first kappa shape index (κ1) is 17.9. The molecule has 0 radical (unpaired) electrons. The molecule has 0 N–H and O–H groups in total. The highest BCUT2D eigenvalue weighted by atomic mass is 19.1. The molecule has 2 atom stereocenters. The molecule has 1 aromatic rings. The van der Waals surface area contributed by atoms with Gasteiger partial charge in [0.1, 0.15) is 5.82 Å². The van der Waals surface area contributed by atoms with Gasteiger partial charge < -0.3 is 9.64 Å². The van der Waals surface area contributed by atoms with Crippen LogP contribution in [-0.2, 0) is 16.0 Å². The van der Waals surface area contributed by atoms with E-state index >= 15 is 0 Å². The van der Waals surface area contributed by atoms with Crippen LogP contribution in [0.2, 0.25) is 0 Å². The number of carbonyl (C=O) groups excluding carboxylic acids is 1. The van der Waals surface area contributed by atoms with Crippen LogP contribution in [0.1, 0.15) is 25.8 Å². The lowest BCUT2D eigenvalue weighted by Gasteiger charge is -2.44. The molecule has 2 rings (SSSR count). The number of piperazine rings is 1. The van der Waals surface area contributed by atoms with E-state index < -0.39 is 0 Å². The highest BCUT2D eigenvalue weighted by molar-refractivity contribution is 5.79. The van der Waals surface area contributed by atoms with E-state index in [9.17, 15) is 9.18 Å². The van der Waals surface area contributed by atoms with Gasteiger partial charge in [-0.1, -0.05) is 12.1 Å². The first-order chi connectivity index (χ1) is 11.0. The standard InChI is InChI=1S/C18H27FN2O2/c1-14-12-20(13-15(2)21(14)8-5-9-23-3)18(22)11-16-6-4-7-17(19)10-16/h4,6-7,10,14-15H,5,8-9,11-13H2,1-3H3. The largest absolute Gasteiger partial charge is 0.385 e. The maximum atomic E-state index is 13.2. The van der Waals surface area contributed by atoms with Crippen LogP contribution >= 0.6 is 0 Å². The van der Waals surface area contributed by atoms with Crippen molar-refractivity contribution in [1.29, 1.82) is 0 Å². The highest BCUT2D eigenvalue weighted by Gasteiger charge is 2.31. The molecule has 1 heterocycles. The number of benzene rings is 1. The van der Waals surface area contributed by atoms with E-state index in [1.807, 2.05) is 4.90 Å². The lowest BCUT2D eigenvalue weighted by atomic mass is 10.1. The van der Waals surface area contributed by atoms with Crippen LogP contribution in [0.5, 0.6) is 0 Å². The van der Waals surface area contributed by atoms with E-state index in [4.69, 9.17) is 4.74 Å². The van der Waals surface area contributed by atoms with E-state index in [0.717, 1.165) is 38.2 Å². The molecule has 1 amide bonds. The zero-order valence-corrected chi connectivity index (χ0v) is 14.3. The Bertz CT molecular complexity index is 511. The number of rotatable bonds is 6. The number of ether oxygens (including phenoxy) is 1. The van der Waals surface area contributed by atoms with Crippen LogP contribution in [0.4, 0.5) is 4.39 Å². The van der Waals surface area contributed by atoms with Gasteiger partial charge in [-0.2, -0.15) is 0 Å². The topological polar surface area (TPSA) is 32.8 Å². The Hall–Kier alpha value is -1.46. The third kappa shape index (κ3) is 5.01. The summed E-state index contributed by atoms with van der Waals surface area (Å²) in [5, 5.41) is 0. The van der Waals surface area contributed by atoms with Gasteiger partial charge in [-0.05, 0) is 38.0 Å². The normalized spacial score (nSPS) is 22.3. The van der Waals surface area contributed by atoms with Crippen LogP contribution in [0.25, 0.3) is 0 Å². The average molecular weight is 322 g/mol. The van der Waals surface area contributed by atoms with Crippen molar-refractivity contribution in [2.45, 2.75) is 38.8 Å². The van der Waals surface area contributed by atoms with Gasteiger partial charge in [0.2, 0.25) is 5.91 Å². The average Bonchev–Trinajstić information content (AvgIpc) is 2.50. The van der Waals surface area contributed by atoms with Crippen LogP contribution in [0.3, 0.4) is 0 Å². The van der Waals surface area contributed by atoms with E-state index in [1.165, 1.54) is 12.1 Å². The monoisotopic (exact) mass is 322 g/mol. The third-order valence-corrected chi connectivity index (χ3v) is 4.46. The molecule has 2 unspecified atom stereocenters. The number of hydrogen-bond donors (Lipinski definition) is 0. The Balaban J connectivity index is 1.91. The Kier molecular flexibility index (Phi) is 6.54. The van der Waals surface area contributed by atoms with Crippen LogP contribution in [0.15, 0.2) is 24.3 Å². The van der Waals surface area contributed by atoms with Crippen LogP contribution in [-0.4, -0.2) is 61.1 Å². The molecule has 4 nitrogen and oxygen atoms in total. The van der Waals surface area contributed by atoms with Crippen molar-refractivity contribution in [3.8, 4) is 0 Å². The van der Waals surface area contributed by atoms with Gasteiger partial charge >= 0.3 is 0 Å². The van der Waals surface area contributed by atoms with Gasteiger partial charge in [-0.3, -0.25) is 9.69 Å². The van der Waals surface area contributed by atoms with Crippen LogP contribution in [0, 0.1) is 5.82 Å². The minimum Gasteiger partial charge on any atom is -0.385 e. The number of amides is 1. The maximum absolute atomic E-state index is 13.2. The Morgan fingerprint density at radius 3 is 2.61 bits per heavy atom. The summed E-state index contributed by atoms with van der Waals surface area (Å²) in [7, 11) is 1.72. The quantitative estimate of drug-likeness (QED) is 0.754. The van der Waals surface area contributed by atoms with Crippen molar-refractivity contribution in [3.63, 3.8) is 0 Å². The van der Waals surface area contributed by atoms with Crippen molar-refractivity contribution in [2.75, 3.05) is 33.4 Å². The Labute approximate surface area is 138 Å².